The van der Waals surface area contributed by atoms with Gasteiger partial charge in [-0.15, -0.1) is 11.3 Å². The molecule has 0 atom stereocenters. The number of thioether (sulfide) groups is 1. The van der Waals surface area contributed by atoms with E-state index >= 15 is 0 Å². The molecule has 2 aliphatic heterocycles. The number of aryl methyl sites for hydroxylation is 1. The number of hydrogen-bond donors (Lipinski definition) is 1. The molecule has 162 valence electrons. The molecule has 3 aromatic rings. The van der Waals surface area contributed by atoms with Gasteiger partial charge in [-0.05, 0) is 49.6 Å². The molecule has 0 aromatic carbocycles. The predicted octanol–water partition coefficient (Wildman–Crippen LogP) is 4.12. The number of likely N-dealkylation sites (tertiary alicyclic amines) is 1. The fraction of sp³-hybridized carbons (Fsp3) is 0.409. The van der Waals surface area contributed by atoms with Crippen molar-refractivity contribution in [2.75, 3.05) is 24.2 Å². The molecule has 2 aliphatic rings. The standard InChI is InChI=1S/C22H24N4O3S2/c1-14-12-18(24-29-14)23-20(27)15-4-9-25(10-5-15)21(28)19-16-6-11-30-13-17(16)31-22(19)26-7-2-3-8-26/h2-3,7-8,12,15H,4-6,9-11,13H2,1H3,(H,23,24,27). The molecule has 0 saturated carbocycles. The van der Waals surface area contributed by atoms with E-state index in [1.807, 2.05) is 41.2 Å². The first-order valence-electron chi connectivity index (χ1n) is 10.5. The summed E-state index contributed by atoms with van der Waals surface area (Å²) in [4.78, 5) is 29.4. The van der Waals surface area contributed by atoms with E-state index < -0.39 is 0 Å². The number of thiophene rings is 1. The first kappa shape index (κ1) is 20.4. The SMILES string of the molecule is Cc1cc(NC(=O)C2CCN(C(=O)c3c(-n4cccc4)sc4c3CCSC4)CC2)no1. The second-order valence-corrected chi connectivity index (χ2v) is 10.1. The fourth-order valence-corrected chi connectivity index (χ4v) is 6.69. The van der Waals surface area contributed by atoms with Crippen LogP contribution in [0.3, 0.4) is 0 Å². The number of nitrogens with zero attached hydrogens (tertiary/aromatic N) is 3. The lowest BCUT2D eigenvalue weighted by Gasteiger charge is -2.31. The van der Waals surface area contributed by atoms with E-state index in [0.29, 0.717) is 37.5 Å². The zero-order chi connectivity index (χ0) is 21.4. The van der Waals surface area contributed by atoms with Gasteiger partial charge < -0.3 is 19.3 Å². The van der Waals surface area contributed by atoms with Crippen LogP contribution >= 0.6 is 23.1 Å². The molecular weight excluding hydrogens is 432 g/mol. The molecule has 5 rings (SSSR count). The van der Waals surface area contributed by atoms with Gasteiger partial charge in [-0.1, -0.05) is 5.16 Å². The number of rotatable bonds is 4. The van der Waals surface area contributed by atoms with Gasteiger partial charge in [0.2, 0.25) is 5.91 Å². The highest BCUT2D eigenvalue weighted by Gasteiger charge is 2.33. The summed E-state index contributed by atoms with van der Waals surface area (Å²) >= 11 is 3.67. The topological polar surface area (TPSA) is 80.4 Å². The fourth-order valence-electron chi connectivity index (χ4n) is 4.25. The maximum atomic E-state index is 13.6. The van der Waals surface area contributed by atoms with E-state index in [2.05, 4.69) is 15.0 Å². The lowest BCUT2D eigenvalue weighted by Crippen LogP contribution is -2.42. The number of amides is 2. The third-order valence-electron chi connectivity index (χ3n) is 5.89. The van der Waals surface area contributed by atoms with Crippen LogP contribution in [0.2, 0.25) is 0 Å². The summed E-state index contributed by atoms with van der Waals surface area (Å²) in [6.07, 6.45) is 6.24. The molecule has 2 amide bonds. The number of nitrogens with one attached hydrogen (secondary N) is 1. The van der Waals surface area contributed by atoms with Gasteiger partial charge >= 0.3 is 0 Å². The lowest BCUT2D eigenvalue weighted by atomic mass is 9.95. The highest BCUT2D eigenvalue weighted by Crippen LogP contribution is 2.39. The van der Waals surface area contributed by atoms with Crippen molar-refractivity contribution in [3.05, 3.63) is 52.4 Å². The van der Waals surface area contributed by atoms with Crippen LogP contribution in [0.15, 0.2) is 35.1 Å². The maximum Gasteiger partial charge on any atom is 0.257 e. The van der Waals surface area contributed by atoms with Crippen LogP contribution < -0.4 is 5.32 Å². The summed E-state index contributed by atoms with van der Waals surface area (Å²) in [7, 11) is 0. The van der Waals surface area contributed by atoms with Crippen molar-refractivity contribution in [2.24, 2.45) is 5.92 Å². The van der Waals surface area contributed by atoms with Crippen LogP contribution in [-0.4, -0.2) is 45.3 Å². The molecule has 0 bridgehead atoms. The third kappa shape index (κ3) is 4.04. The number of fused-ring (bicyclic) bond motifs is 1. The van der Waals surface area contributed by atoms with Crippen molar-refractivity contribution in [3.8, 4) is 5.00 Å². The number of carbonyl (C=O) groups excluding carboxylic acids is 2. The average molecular weight is 457 g/mol. The summed E-state index contributed by atoms with van der Waals surface area (Å²) < 4.78 is 7.07. The van der Waals surface area contributed by atoms with Gasteiger partial charge in [0, 0.05) is 48.1 Å². The third-order valence-corrected chi connectivity index (χ3v) is 8.30. The number of aromatic nitrogens is 2. The van der Waals surface area contributed by atoms with Gasteiger partial charge in [-0.3, -0.25) is 9.59 Å². The summed E-state index contributed by atoms with van der Waals surface area (Å²) in [5.41, 5.74) is 2.08. The zero-order valence-electron chi connectivity index (χ0n) is 17.3. The number of hydrogen-bond acceptors (Lipinski definition) is 6. The van der Waals surface area contributed by atoms with Crippen LogP contribution in [0, 0.1) is 12.8 Å². The van der Waals surface area contributed by atoms with Gasteiger partial charge in [0.1, 0.15) is 10.8 Å². The molecule has 0 aliphatic carbocycles. The van der Waals surface area contributed by atoms with E-state index in [0.717, 1.165) is 28.5 Å². The monoisotopic (exact) mass is 456 g/mol. The first-order valence-corrected chi connectivity index (χ1v) is 12.5. The molecule has 0 spiro atoms. The molecule has 31 heavy (non-hydrogen) atoms. The number of piperidine rings is 1. The summed E-state index contributed by atoms with van der Waals surface area (Å²) in [6, 6.07) is 5.68. The van der Waals surface area contributed by atoms with Crippen molar-refractivity contribution in [1.82, 2.24) is 14.6 Å². The van der Waals surface area contributed by atoms with Crippen molar-refractivity contribution < 1.29 is 14.1 Å². The Labute approximate surface area is 188 Å². The Bertz CT molecular complexity index is 1090. The Hall–Kier alpha value is -2.52. The molecule has 9 heteroatoms. The molecule has 1 N–H and O–H groups in total. The zero-order valence-corrected chi connectivity index (χ0v) is 18.9. The van der Waals surface area contributed by atoms with Crippen LogP contribution in [0.1, 0.15) is 39.4 Å². The predicted molar refractivity (Wildman–Crippen MR) is 122 cm³/mol. The molecule has 1 saturated heterocycles. The van der Waals surface area contributed by atoms with Crippen LogP contribution in [0.25, 0.3) is 5.00 Å². The Morgan fingerprint density at radius 3 is 2.71 bits per heavy atom. The molecule has 1 fully saturated rings. The van der Waals surface area contributed by atoms with Crippen LogP contribution in [0.5, 0.6) is 0 Å². The molecule has 5 heterocycles. The van der Waals surface area contributed by atoms with E-state index in [-0.39, 0.29) is 17.7 Å². The smallest absolute Gasteiger partial charge is 0.257 e. The minimum Gasteiger partial charge on any atom is -0.360 e. The highest BCUT2D eigenvalue weighted by molar-refractivity contribution is 7.98. The number of anilines is 1. The van der Waals surface area contributed by atoms with E-state index in [1.165, 1.54) is 10.4 Å². The van der Waals surface area contributed by atoms with Gasteiger partial charge in [-0.25, -0.2) is 0 Å². The Kier molecular flexibility index (Phi) is 5.62. The molecular formula is C22H24N4O3S2. The largest absolute Gasteiger partial charge is 0.360 e. The van der Waals surface area contributed by atoms with Gasteiger partial charge in [-0.2, -0.15) is 11.8 Å². The quantitative estimate of drug-likeness (QED) is 0.639. The molecule has 3 aromatic heterocycles. The van der Waals surface area contributed by atoms with Crippen LogP contribution in [-0.2, 0) is 17.0 Å². The van der Waals surface area contributed by atoms with Crippen molar-refractivity contribution in [1.29, 1.82) is 0 Å². The van der Waals surface area contributed by atoms with E-state index in [1.54, 1.807) is 24.3 Å². The minimum absolute atomic E-state index is 0.0571. The van der Waals surface area contributed by atoms with Crippen molar-refractivity contribution in [3.63, 3.8) is 0 Å². The lowest BCUT2D eigenvalue weighted by molar-refractivity contribution is -0.121. The average Bonchev–Trinajstić information content (AvgIpc) is 3.53. The molecule has 7 nitrogen and oxygen atoms in total. The Balaban J connectivity index is 1.31. The normalized spacial score (nSPS) is 16.9. The van der Waals surface area contributed by atoms with Crippen molar-refractivity contribution >= 4 is 40.7 Å². The summed E-state index contributed by atoms with van der Waals surface area (Å²) in [5, 5.41) is 7.67. The second-order valence-electron chi connectivity index (χ2n) is 7.96. The summed E-state index contributed by atoms with van der Waals surface area (Å²) in [5.74, 6) is 3.05. The Morgan fingerprint density at radius 2 is 2.00 bits per heavy atom. The van der Waals surface area contributed by atoms with Crippen molar-refractivity contribution in [2.45, 2.75) is 31.9 Å². The maximum absolute atomic E-state index is 13.6. The van der Waals surface area contributed by atoms with E-state index in [4.69, 9.17) is 4.52 Å². The minimum atomic E-state index is -0.127. The van der Waals surface area contributed by atoms with Crippen LogP contribution in [0.4, 0.5) is 5.82 Å². The van der Waals surface area contributed by atoms with Gasteiger partial charge in [0.15, 0.2) is 5.82 Å². The molecule has 0 unspecified atom stereocenters. The Morgan fingerprint density at radius 1 is 1.23 bits per heavy atom. The van der Waals surface area contributed by atoms with E-state index in [9.17, 15) is 9.59 Å². The second kappa shape index (κ2) is 8.55. The first-order chi connectivity index (χ1) is 15.1. The molecule has 0 radical (unpaired) electrons. The highest BCUT2D eigenvalue weighted by atomic mass is 32.2. The van der Waals surface area contributed by atoms with Gasteiger partial charge in [0.05, 0.1) is 5.56 Å². The number of carbonyl (C=O) groups is 2. The summed E-state index contributed by atoms with van der Waals surface area (Å²) in [6.45, 7) is 2.95. The van der Waals surface area contributed by atoms with Gasteiger partial charge in [0.25, 0.3) is 5.91 Å².